The number of aromatic nitrogens is 4. The molecule has 3 heterocycles. The fourth-order valence-corrected chi connectivity index (χ4v) is 2.53. The van der Waals surface area contributed by atoms with Gasteiger partial charge in [-0.1, -0.05) is 0 Å². The molecule has 0 radical (unpaired) electrons. The number of hydrogen-bond acceptors (Lipinski definition) is 7. The van der Waals surface area contributed by atoms with E-state index in [-0.39, 0.29) is 12.3 Å². The van der Waals surface area contributed by atoms with Crippen LogP contribution in [0.1, 0.15) is 12.6 Å². The van der Waals surface area contributed by atoms with Gasteiger partial charge in [0, 0.05) is 6.42 Å². The van der Waals surface area contributed by atoms with Crippen LogP contribution in [0.5, 0.6) is 0 Å². The molecule has 9 heteroatoms. The van der Waals surface area contributed by atoms with Crippen LogP contribution in [0, 0.1) is 0 Å². The van der Waals surface area contributed by atoms with Gasteiger partial charge in [-0.05, 0) is 0 Å². The van der Waals surface area contributed by atoms with E-state index in [4.69, 9.17) is 13.5 Å². The van der Waals surface area contributed by atoms with Gasteiger partial charge in [0.25, 0.3) is 0 Å². The molecule has 1 aliphatic rings. The Kier molecular flexibility index (Phi) is 3.52. The zero-order chi connectivity index (χ0) is 13.4. The van der Waals surface area contributed by atoms with Gasteiger partial charge in [0.2, 0.25) is 0 Å². The van der Waals surface area contributed by atoms with Crippen LogP contribution in [-0.4, -0.2) is 43.4 Å². The fourth-order valence-electron chi connectivity index (χ4n) is 2.18. The number of nitrogens with zero attached hydrogens (tertiary/aromatic N) is 4. The molecule has 3 atom stereocenters. The van der Waals surface area contributed by atoms with Gasteiger partial charge < -0.3 is 18.6 Å². The first kappa shape index (κ1) is 13.0. The first-order valence-electron chi connectivity index (χ1n) is 5.70. The first-order valence-corrected chi connectivity index (χ1v) is 6.59. The molecule has 0 aromatic carbocycles. The van der Waals surface area contributed by atoms with Crippen LogP contribution in [0.25, 0.3) is 11.2 Å². The third kappa shape index (κ3) is 2.26. The standard InChI is InChI=1S/C10H12IN5O3/c11-18-2-6-5(17)1-7(19-6)16-4-15-8-9(12)13-3-14-10(8)16/h3-7,17H,1-2H2,(H2,12,13,14)/t5-,6+,7+/m0/s1. The van der Waals surface area contributed by atoms with Gasteiger partial charge in [-0.3, -0.25) is 4.57 Å². The molecule has 3 N–H and O–H groups in total. The number of aliphatic hydroxyl groups is 1. The Morgan fingerprint density at radius 3 is 3.16 bits per heavy atom. The molecule has 19 heavy (non-hydrogen) atoms. The predicted octanol–water partition coefficient (Wildman–Crippen LogP) is 0.424. The Morgan fingerprint density at radius 2 is 2.37 bits per heavy atom. The van der Waals surface area contributed by atoms with Crippen molar-refractivity contribution in [1.29, 1.82) is 0 Å². The van der Waals surface area contributed by atoms with Gasteiger partial charge >= 0.3 is 0 Å². The van der Waals surface area contributed by atoms with E-state index in [2.05, 4.69) is 15.0 Å². The van der Waals surface area contributed by atoms with Gasteiger partial charge in [0.1, 0.15) is 47.2 Å². The van der Waals surface area contributed by atoms with Gasteiger partial charge in [0.15, 0.2) is 11.5 Å². The minimum absolute atomic E-state index is 0.328. The summed E-state index contributed by atoms with van der Waals surface area (Å²) in [5, 5.41) is 9.92. The number of fused-ring (bicyclic) bond motifs is 1. The Morgan fingerprint density at radius 1 is 1.53 bits per heavy atom. The van der Waals surface area contributed by atoms with Crippen molar-refractivity contribution in [3.8, 4) is 0 Å². The number of nitrogens with two attached hydrogens (primary N) is 1. The number of aliphatic hydroxyl groups excluding tert-OH is 1. The summed E-state index contributed by atoms with van der Waals surface area (Å²) in [6, 6.07) is 0. The molecule has 1 fully saturated rings. The van der Waals surface area contributed by atoms with E-state index in [0.29, 0.717) is 30.0 Å². The van der Waals surface area contributed by atoms with Crippen molar-refractivity contribution >= 4 is 40.0 Å². The lowest BCUT2D eigenvalue weighted by Crippen LogP contribution is -2.24. The number of hydrogen-bond donors (Lipinski definition) is 2. The van der Waals surface area contributed by atoms with Crippen LogP contribution in [-0.2, 0) is 7.80 Å². The number of nitrogen functional groups attached to an aromatic ring is 1. The first-order chi connectivity index (χ1) is 9.20. The van der Waals surface area contributed by atoms with Crippen LogP contribution in [0.3, 0.4) is 0 Å². The minimum Gasteiger partial charge on any atom is -0.390 e. The van der Waals surface area contributed by atoms with Crippen LogP contribution >= 0.6 is 23.0 Å². The summed E-state index contributed by atoms with van der Waals surface area (Å²) >= 11 is 1.78. The number of imidazole rings is 1. The monoisotopic (exact) mass is 377 g/mol. The maximum absolute atomic E-state index is 9.92. The summed E-state index contributed by atoms with van der Waals surface area (Å²) in [5.41, 5.74) is 6.87. The van der Waals surface area contributed by atoms with Crippen LogP contribution < -0.4 is 5.73 Å². The molecule has 2 aromatic rings. The lowest BCUT2D eigenvalue weighted by molar-refractivity contribution is -0.0317. The van der Waals surface area contributed by atoms with Crippen molar-refractivity contribution < 1.29 is 12.9 Å². The number of ether oxygens (including phenoxy) is 1. The van der Waals surface area contributed by atoms with E-state index in [9.17, 15) is 5.11 Å². The third-order valence-corrected chi connectivity index (χ3v) is 3.49. The second-order valence-corrected chi connectivity index (χ2v) is 4.91. The lowest BCUT2D eigenvalue weighted by Gasteiger charge is -2.14. The quantitative estimate of drug-likeness (QED) is 0.747. The van der Waals surface area contributed by atoms with Crippen molar-refractivity contribution in [2.24, 2.45) is 0 Å². The summed E-state index contributed by atoms with van der Waals surface area (Å²) in [7, 11) is 0. The summed E-state index contributed by atoms with van der Waals surface area (Å²) in [6.07, 6.45) is 2.19. The van der Waals surface area contributed by atoms with Gasteiger partial charge in [-0.25, -0.2) is 15.0 Å². The highest BCUT2D eigenvalue weighted by molar-refractivity contribution is 14.1. The van der Waals surface area contributed by atoms with Crippen LogP contribution in [0.15, 0.2) is 12.7 Å². The largest absolute Gasteiger partial charge is 0.390 e. The molecule has 3 rings (SSSR count). The summed E-state index contributed by atoms with van der Waals surface area (Å²) in [5.74, 6) is 0.328. The third-order valence-electron chi connectivity index (χ3n) is 3.13. The fraction of sp³-hybridized carbons (Fsp3) is 0.500. The number of rotatable bonds is 3. The topological polar surface area (TPSA) is 108 Å². The van der Waals surface area contributed by atoms with Crippen molar-refractivity contribution in [2.75, 3.05) is 12.3 Å². The average Bonchev–Trinajstić information content (AvgIpc) is 2.95. The van der Waals surface area contributed by atoms with Crippen LogP contribution in [0.4, 0.5) is 5.82 Å². The van der Waals surface area contributed by atoms with Gasteiger partial charge in [0.05, 0.1) is 19.0 Å². The SMILES string of the molecule is Nc1ncnc2c1ncn2[C@H]1C[C@H](O)[C@@H](COI)O1. The Bertz CT molecular complexity index is 592. The van der Waals surface area contributed by atoms with E-state index in [1.807, 2.05) is 0 Å². The highest BCUT2D eigenvalue weighted by atomic mass is 127. The van der Waals surface area contributed by atoms with E-state index >= 15 is 0 Å². The van der Waals surface area contributed by atoms with Gasteiger partial charge in [-0.15, -0.1) is 0 Å². The molecule has 8 nitrogen and oxygen atoms in total. The maximum atomic E-state index is 9.92. The molecule has 0 unspecified atom stereocenters. The minimum atomic E-state index is -0.573. The number of anilines is 1. The smallest absolute Gasteiger partial charge is 0.167 e. The molecule has 1 aliphatic heterocycles. The Hall–Kier alpha value is -1.04. The molecule has 2 aromatic heterocycles. The van der Waals surface area contributed by atoms with Crippen molar-refractivity contribution in [1.82, 2.24) is 19.5 Å². The molecule has 1 saturated heterocycles. The highest BCUT2D eigenvalue weighted by Gasteiger charge is 2.35. The zero-order valence-corrected chi connectivity index (χ0v) is 12.0. The van der Waals surface area contributed by atoms with Crippen molar-refractivity contribution in [2.45, 2.75) is 24.9 Å². The molecule has 0 aliphatic carbocycles. The van der Waals surface area contributed by atoms with Gasteiger partial charge in [-0.2, -0.15) is 0 Å². The van der Waals surface area contributed by atoms with E-state index in [1.54, 1.807) is 33.9 Å². The highest BCUT2D eigenvalue weighted by Crippen LogP contribution is 2.31. The van der Waals surface area contributed by atoms with Crippen LogP contribution in [0.2, 0.25) is 0 Å². The molecule has 0 saturated carbocycles. The molecular weight excluding hydrogens is 365 g/mol. The Labute approximate surface area is 122 Å². The molecule has 0 bridgehead atoms. The molecule has 0 amide bonds. The second-order valence-electron chi connectivity index (χ2n) is 4.29. The maximum Gasteiger partial charge on any atom is 0.167 e. The van der Waals surface area contributed by atoms with E-state index in [0.717, 1.165) is 0 Å². The zero-order valence-electron chi connectivity index (χ0n) is 9.81. The summed E-state index contributed by atoms with van der Waals surface area (Å²) in [4.78, 5) is 12.2. The average molecular weight is 377 g/mol. The number of halogens is 1. The molecule has 0 spiro atoms. The summed E-state index contributed by atoms with van der Waals surface area (Å²) < 4.78 is 12.5. The van der Waals surface area contributed by atoms with Crippen molar-refractivity contribution in [3.05, 3.63) is 12.7 Å². The van der Waals surface area contributed by atoms with Crippen molar-refractivity contribution in [3.63, 3.8) is 0 Å². The lowest BCUT2D eigenvalue weighted by atomic mass is 10.2. The van der Waals surface area contributed by atoms with E-state index in [1.165, 1.54) is 6.33 Å². The summed E-state index contributed by atoms with van der Waals surface area (Å²) in [6.45, 7) is 0.335. The Balaban J connectivity index is 1.91. The molecule has 102 valence electrons. The van der Waals surface area contributed by atoms with E-state index < -0.39 is 6.10 Å². The predicted molar refractivity (Wildman–Crippen MR) is 74.2 cm³/mol. The second kappa shape index (κ2) is 5.15. The molecular formula is C10H12IN5O3. The normalized spacial score (nSPS) is 27.2.